The second-order valence-corrected chi connectivity index (χ2v) is 21.1. The van der Waals surface area contributed by atoms with Crippen LogP contribution in [0.1, 0.15) is 110 Å². The molecule has 0 aliphatic heterocycles. The molecular formula is C61H70N2. The van der Waals surface area contributed by atoms with Crippen molar-refractivity contribution in [2.75, 3.05) is 9.80 Å². The predicted molar refractivity (Wildman–Crippen MR) is 273 cm³/mol. The summed E-state index contributed by atoms with van der Waals surface area (Å²) >= 11 is 0. The molecule has 0 aromatic heterocycles. The molecule has 4 unspecified atom stereocenters. The Kier molecular flexibility index (Phi) is 12.0. The van der Waals surface area contributed by atoms with Crippen molar-refractivity contribution in [3.8, 4) is 0 Å². The highest BCUT2D eigenvalue weighted by atomic mass is 15.1. The number of benzene rings is 6. The van der Waals surface area contributed by atoms with Gasteiger partial charge in [-0.25, -0.2) is 0 Å². The van der Waals surface area contributed by atoms with Gasteiger partial charge >= 0.3 is 0 Å². The Bertz CT molecular complexity index is 2530. The molecule has 3 aliphatic carbocycles. The molecule has 2 nitrogen and oxygen atoms in total. The van der Waals surface area contributed by atoms with E-state index in [-0.39, 0.29) is 10.8 Å². The Morgan fingerprint density at radius 2 is 1.05 bits per heavy atom. The molecule has 3 saturated carbocycles. The van der Waals surface area contributed by atoms with E-state index in [1.165, 1.54) is 102 Å². The molecule has 4 atom stereocenters. The lowest BCUT2D eigenvalue weighted by Crippen LogP contribution is -2.43. The van der Waals surface area contributed by atoms with Crippen LogP contribution in [0.15, 0.2) is 164 Å². The summed E-state index contributed by atoms with van der Waals surface area (Å²) < 4.78 is 0. The predicted octanol–water partition coefficient (Wildman–Crippen LogP) is 17.7. The van der Waals surface area contributed by atoms with E-state index in [4.69, 9.17) is 0 Å². The summed E-state index contributed by atoms with van der Waals surface area (Å²) in [7, 11) is 0. The highest BCUT2D eigenvalue weighted by molar-refractivity contribution is 6.10. The zero-order valence-corrected chi connectivity index (χ0v) is 39.0. The van der Waals surface area contributed by atoms with Gasteiger partial charge in [0.1, 0.15) is 0 Å². The monoisotopic (exact) mass is 831 g/mol. The van der Waals surface area contributed by atoms with Crippen molar-refractivity contribution in [2.45, 2.75) is 110 Å². The SMILES string of the molecule is C=C/C=C(\C=C)N(c1ccccc1)c1ccc2c(C34CC(C)CC(CC(C)C3)C4)c3cc(N(c4ccccc4)c4ccccc4)ccc3c(C3(CC(C)C)CC(C)CC(C)C3)c2c1. The van der Waals surface area contributed by atoms with E-state index in [1.807, 2.05) is 12.2 Å². The normalized spacial score (nSPS) is 26.1. The lowest BCUT2D eigenvalue weighted by atomic mass is 9.52. The topological polar surface area (TPSA) is 6.48 Å². The van der Waals surface area contributed by atoms with Crippen LogP contribution < -0.4 is 9.80 Å². The minimum Gasteiger partial charge on any atom is -0.311 e. The standard InChI is InChI=1S/C61H70N2/c1-9-20-48(10-2)62(49-21-14-11-15-22-49)52-27-29-55-56(34-52)58(60(36-42(3)4)37-43(5)31-44(6)38-60)54-30-28-53(63(50-23-16-12-17-24-50)51-25-18-13-19-26-51)35-57(54)59(55)61-39-45(7)32-47(41-61)33-46(8)40-61/h9-30,34-35,42-47H,1-2,31-33,36-41H2,3-8H3/b48-20+. The van der Waals surface area contributed by atoms with E-state index < -0.39 is 0 Å². The van der Waals surface area contributed by atoms with Crippen LogP contribution >= 0.6 is 0 Å². The fourth-order valence-corrected chi connectivity index (χ4v) is 14.1. The molecule has 3 aliphatic rings. The van der Waals surface area contributed by atoms with Gasteiger partial charge in [0, 0.05) is 34.1 Å². The average Bonchev–Trinajstić information content (AvgIpc) is 3.25. The minimum absolute atomic E-state index is 0.0225. The summed E-state index contributed by atoms with van der Waals surface area (Å²) in [5.74, 6) is 3.99. The molecule has 0 spiro atoms. The quantitative estimate of drug-likeness (QED) is 0.0895. The van der Waals surface area contributed by atoms with Crippen LogP contribution in [0.5, 0.6) is 0 Å². The summed E-state index contributed by atoms with van der Waals surface area (Å²) in [6.07, 6.45) is 17.3. The lowest BCUT2D eigenvalue weighted by Gasteiger charge is -2.52. The van der Waals surface area contributed by atoms with Crippen molar-refractivity contribution in [1.82, 2.24) is 0 Å². The van der Waals surface area contributed by atoms with Crippen molar-refractivity contribution in [2.24, 2.45) is 35.5 Å². The Balaban J connectivity index is 1.44. The van der Waals surface area contributed by atoms with Crippen molar-refractivity contribution in [1.29, 1.82) is 0 Å². The molecule has 0 heterocycles. The highest BCUT2D eigenvalue weighted by Crippen LogP contribution is 2.60. The zero-order valence-electron chi connectivity index (χ0n) is 39.0. The number of fused-ring (bicyclic) bond motifs is 4. The van der Waals surface area contributed by atoms with Gasteiger partial charge in [-0.1, -0.05) is 128 Å². The van der Waals surface area contributed by atoms with Crippen LogP contribution in [0.2, 0.25) is 0 Å². The Labute approximate surface area is 379 Å². The largest absolute Gasteiger partial charge is 0.311 e. The van der Waals surface area contributed by atoms with Gasteiger partial charge in [0.05, 0.1) is 0 Å². The third-order valence-electron chi connectivity index (χ3n) is 15.2. The first-order valence-corrected chi connectivity index (χ1v) is 24.3. The summed E-state index contributed by atoms with van der Waals surface area (Å²) in [6.45, 7) is 23.6. The molecule has 0 amide bonds. The van der Waals surface area contributed by atoms with Gasteiger partial charge < -0.3 is 9.80 Å². The Morgan fingerprint density at radius 1 is 0.556 bits per heavy atom. The second-order valence-electron chi connectivity index (χ2n) is 21.1. The maximum absolute atomic E-state index is 4.33. The molecule has 324 valence electrons. The molecule has 6 aromatic carbocycles. The Morgan fingerprint density at radius 3 is 1.59 bits per heavy atom. The Hall–Kier alpha value is -5.34. The fraction of sp³-hybridized carbons (Fsp3) is 0.377. The van der Waals surface area contributed by atoms with Crippen LogP contribution in [-0.4, -0.2) is 0 Å². The van der Waals surface area contributed by atoms with Gasteiger partial charge in [0.25, 0.3) is 0 Å². The van der Waals surface area contributed by atoms with Crippen LogP contribution in [0.3, 0.4) is 0 Å². The maximum Gasteiger partial charge on any atom is 0.0468 e. The first-order valence-electron chi connectivity index (χ1n) is 24.3. The van der Waals surface area contributed by atoms with Gasteiger partial charge in [-0.2, -0.15) is 0 Å². The molecule has 6 aromatic rings. The van der Waals surface area contributed by atoms with Crippen molar-refractivity contribution in [3.63, 3.8) is 0 Å². The third kappa shape index (κ3) is 8.20. The maximum atomic E-state index is 4.33. The zero-order chi connectivity index (χ0) is 43.9. The van der Waals surface area contributed by atoms with Gasteiger partial charge in [0.2, 0.25) is 0 Å². The number of nitrogens with zero attached hydrogens (tertiary/aromatic N) is 2. The molecule has 0 saturated heterocycles. The van der Waals surface area contributed by atoms with E-state index in [0.717, 1.165) is 17.3 Å². The van der Waals surface area contributed by atoms with Gasteiger partial charge in [-0.05, 0) is 210 Å². The number of anilines is 5. The van der Waals surface area contributed by atoms with Gasteiger partial charge in [0.15, 0.2) is 0 Å². The highest BCUT2D eigenvalue weighted by Gasteiger charge is 2.48. The first kappa shape index (κ1) is 42.9. The average molecular weight is 831 g/mol. The molecule has 2 bridgehead atoms. The third-order valence-corrected chi connectivity index (χ3v) is 15.2. The smallest absolute Gasteiger partial charge is 0.0468 e. The molecular weight excluding hydrogens is 761 g/mol. The second kappa shape index (κ2) is 17.7. The van der Waals surface area contributed by atoms with Crippen molar-refractivity contribution >= 4 is 50.0 Å². The molecule has 63 heavy (non-hydrogen) atoms. The first-order chi connectivity index (χ1) is 30.5. The summed E-state index contributed by atoms with van der Waals surface area (Å²) in [5, 5.41) is 5.88. The van der Waals surface area contributed by atoms with E-state index in [2.05, 4.69) is 198 Å². The number of hydrogen-bond acceptors (Lipinski definition) is 2. The lowest BCUT2D eigenvalue weighted by molar-refractivity contribution is 0.0799. The minimum atomic E-state index is 0.0225. The molecule has 9 rings (SSSR count). The van der Waals surface area contributed by atoms with Crippen molar-refractivity contribution in [3.05, 3.63) is 176 Å². The molecule has 3 fully saturated rings. The summed E-state index contributed by atoms with van der Waals surface area (Å²) in [5.41, 5.74) is 10.2. The number of para-hydroxylation sites is 3. The van der Waals surface area contributed by atoms with E-state index >= 15 is 0 Å². The van der Waals surface area contributed by atoms with E-state index in [1.54, 1.807) is 11.1 Å². The molecule has 0 radical (unpaired) electrons. The number of allylic oxidation sites excluding steroid dienone is 3. The number of hydrogen-bond donors (Lipinski definition) is 0. The van der Waals surface area contributed by atoms with Crippen LogP contribution in [0, 0.1) is 35.5 Å². The fourth-order valence-electron chi connectivity index (χ4n) is 14.1. The van der Waals surface area contributed by atoms with E-state index in [9.17, 15) is 0 Å². The summed E-state index contributed by atoms with van der Waals surface area (Å²) in [4.78, 5) is 4.88. The number of rotatable bonds is 12. The van der Waals surface area contributed by atoms with Crippen LogP contribution in [-0.2, 0) is 10.8 Å². The van der Waals surface area contributed by atoms with Crippen molar-refractivity contribution < 1.29 is 0 Å². The van der Waals surface area contributed by atoms with Gasteiger partial charge in [-0.15, -0.1) is 0 Å². The molecule has 0 N–H and O–H groups in total. The van der Waals surface area contributed by atoms with Crippen LogP contribution in [0.25, 0.3) is 21.5 Å². The van der Waals surface area contributed by atoms with E-state index in [0.29, 0.717) is 29.6 Å². The molecule has 2 heteroatoms. The van der Waals surface area contributed by atoms with Crippen LogP contribution in [0.4, 0.5) is 28.4 Å². The summed E-state index contributed by atoms with van der Waals surface area (Å²) in [6, 6.07) is 48.1. The van der Waals surface area contributed by atoms with Gasteiger partial charge in [-0.3, -0.25) is 0 Å².